The second kappa shape index (κ2) is 11.6. The van der Waals surface area contributed by atoms with Gasteiger partial charge in [-0.05, 0) is 32.1 Å². The van der Waals surface area contributed by atoms with Gasteiger partial charge >= 0.3 is 0 Å². The predicted molar refractivity (Wildman–Crippen MR) is 95.4 cm³/mol. The molecule has 1 rings (SSSR count). The van der Waals surface area contributed by atoms with Gasteiger partial charge in [0.1, 0.15) is 0 Å². The molecule has 4 heteroatoms. The molecule has 0 unspecified atom stereocenters. The first-order valence-corrected chi connectivity index (χ1v) is 7.42. The van der Waals surface area contributed by atoms with E-state index in [0.717, 1.165) is 37.8 Å². The van der Waals surface area contributed by atoms with Crippen LogP contribution in [-0.2, 0) is 0 Å². The second-order valence-electron chi connectivity index (χ2n) is 5.43. The zero-order chi connectivity index (χ0) is 13.2. The first-order valence-electron chi connectivity index (χ1n) is 7.42. The highest BCUT2D eigenvalue weighted by molar-refractivity contribution is 14.0. The maximum Gasteiger partial charge on any atom is 0.191 e. The van der Waals surface area contributed by atoms with Gasteiger partial charge in [-0.1, -0.05) is 38.8 Å². The number of unbranched alkanes of at least 4 members (excludes halogenated alkanes) is 1. The summed E-state index contributed by atoms with van der Waals surface area (Å²) in [4.78, 5) is 4.64. The van der Waals surface area contributed by atoms with Crippen LogP contribution in [0.3, 0.4) is 0 Å². The Morgan fingerprint density at radius 1 is 1.26 bits per heavy atom. The van der Waals surface area contributed by atoms with Gasteiger partial charge in [-0.3, -0.25) is 4.99 Å². The molecule has 0 atom stereocenters. The molecular formula is C15H30IN3. The largest absolute Gasteiger partial charge is 0.357 e. The van der Waals surface area contributed by atoms with Gasteiger partial charge in [-0.15, -0.1) is 24.0 Å². The molecule has 0 aromatic rings. The fourth-order valence-corrected chi connectivity index (χ4v) is 2.10. The van der Waals surface area contributed by atoms with E-state index in [4.69, 9.17) is 0 Å². The molecule has 1 aliphatic carbocycles. The molecule has 0 heterocycles. The smallest absolute Gasteiger partial charge is 0.191 e. The molecule has 2 N–H and O–H groups in total. The Labute approximate surface area is 135 Å². The van der Waals surface area contributed by atoms with Crippen LogP contribution < -0.4 is 10.6 Å². The van der Waals surface area contributed by atoms with Gasteiger partial charge < -0.3 is 10.6 Å². The van der Waals surface area contributed by atoms with Crippen LogP contribution in [0.15, 0.2) is 17.1 Å². The highest BCUT2D eigenvalue weighted by atomic mass is 127. The Hall–Kier alpha value is -0.260. The monoisotopic (exact) mass is 379 g/mol. The minimum absolute atomic E-state index is 0. The lowest BCUT2D eigenvalue weighted by Crippen LogP contribution is -2.42. The third kappa shape index (κ3) is 9.30. The average molecular weight is 379 g/mol. The van der Waals surface area contributed by atoms with E-state index in [9.17, 15) is 0 Å². The molecule has 0 aromatic heterocycles. The molecule has 0 saturated carbocycles. The number of nitrogens with zero attached hydrogens (tertiary/aromatic N) is 1. The van der Waals surface area contributed by atoms with E-state index in [1.54, 1.807) is 0 Å². The lowest BCUT2D eigenvalue weighted by Gasteiger charge is -2.16. The summed E-state index contributed by atoms with van der Waals surface area (Å²) in [5, 5.41) is 6.81. The van der Waals surface area contributed by atoms with Crippen molar-refractivity contribution in [3.05, 3.63) is 12.2 Å². The molecule has 0 saturated heterocycles. The third-order valence-electron chi connectivity index (χ3n) is 3.15. The molecule has 3 nitrogen and oxygen atoms in total. The molecule has 0 amide bonds. The number of hydrogen-bond donors (Lipinski definition) is 2. The van der Waals surface area contributed by atoms with Crippen LogP contribution in [0.5, 0.6) is 0 Å². The van der Waals surface area contributed by atoms with Crippen molar-refractivity contribution in [3.63, 3.8) is 0 Å². The highest BCUT2D eigenvalue weighted by Gasteiger charge is 2.11. The van der Waals surface area contributed by atoms with E-state index in [0.29, 0.717) is 6.04 Å². The van der Waals surface area contributed by atoms with E-state index < -0.39 is 0 Å². The van der Waals surface area contributed by atoms with Gasteiger partial charge in [0.05, 0.1) is 0 Å². The lowest BCUT2D eigenvalue weighted by atomic mass is 10.1. The van der Waals surface area contributed by atoms with Crippen LogP contribution in [0.4, 0.5) is 0 Å². The van der Waals surface area contributed by atoms with E-state index in [-0.39, 0.29) is 24.0 Å². The third-order valence-corrected chi connectivity index (χ3v) is 3.15. The average Bonchev–Trinajstić information content (AvgIpc) is 2.81. The summed E-state index contributed by atoms with van der Waals surface area (Å²) in [6, 6.07) is 0.540. The number of aliphatic imine (C=N–C) groups is 1. The van der Waals surface area contributed by atoms with Crippen LogP contribution in [0.25, 0.3) is 0 Å². The maximum absolute atomic E-state index is 4.64. The van der Waals surface area contributed by atoms with Crippen molar-refractivity contribution in [2.45, 2.75) is 58.9 Å². The maximum atomic E-state index is 4.64. The van der Waals surface area contributed by atoms with Crippen LogP contribution >= 0.6 is 24.0 Å². The molecular weight excluding hydrogens is 349 g/mol. The minimum Gasteiger partial charge on any atom is -0.357 e. The van der Waals surface area contributed by atoms with Crippen molar-refractivity contribution in [2.75, 3.05) is 13.1 Å². The normalized spacial score (nSPS) is 15.7. The molecule has 112 valence electrons. The topological polar surface area (TPSA) is 36.4 Å². The molecule has 0 radical (unpaired) electrons. The van der Waals surface area contributed by atoms with E-state index in [1.165, 1.54) is 19.3 Å². The molecule has 0 aromatic carbocycles. The van der Waals surface area contributed by atoms with Gasteiger partial charge in [0.2, 0.25) is 0 Å². The summed E-state index contributed by atoms with van der Waals surface area (Å²) in [7, 11) is 0. The SMILES string of the molecule is CCNC(=NCCCCC(C)C)NC1CC=CC1.I. The summed E-state index contributed by atoms with van der Waals surface area (Å²) in [5.74, 6) is 1.79. The quantitative estimate of drug-likeness (QED) is 0.233. The Bertz CT molecular complexity index is 267. The number of rotatable bonds is 7. The van der Waals surface area contributed by atoms with Gasteiger partial charge in [-0.25, -0.2) is 0 Å². The lowest BCUT2D eigenvalue weighted by molar-refractivity contribution is 0.540. The fraction of sp³-hybridized carbons (Fsp3) is 0.800. The van der Waals surface area contributed by atoms with Gasteiger partial charge in [0.15, 0.2) is 5.96 Å². The van der Waals surface area contributed by atoms with Crippen LogP contribution in [0.2, 0.25) is 0 Å². The summed E-state index contributed by atoms with van der Waals surface area (Å²) >= 11 is 0. The number of halogens is 1. The van der Waals surface area contributed by atoms with Crippen molar-refractivity contribution in [2.24, 2.45) is 10.9 Å². The number of nitrogens with one attached hydrogen (secondary N) is 2. The fourth-order valence-electron chi connectivity index (χ4n) is 2.10. The van der Waals surface area contributed by atoms with Crippen molar-refractivity contribution in [3.8, 4) is 0 Å². The molecule has 0 aliphatic heterocycles. The number of hydrogen-bond acceptors (Lipinski definition) is 1. The Morgan fingerprint density at radius 3 is 2.53 bits per heavy atom. The molecule has 0 bridgehead atoms. The summed E-state index contributed by atoms with van der Waals surface area (Å²) in [6.45, 7) is 8.53. The summed E-state index contributed by atoms with van der Waals surface area (Å²) in [5.41, 5.74) is 0. The van der Waals surface area contributed by atoms with E-state index in [2.05, 4.69) is 48.5 Å². The van der Waals surface area contributed by atoms with Gasteiger partial charge in [-0.2, -0.15) is 0 Å². The Morgan fingerprint density at radius 2 is 1.95 bits per heavy atom. The standard InChI is InChI=1S/C15H29N3.HI/c1-4-16-15(18-14-10-5-6-11-14)17-12-8-7-9-13(2)3;/h5-6,13-14H,4,7-12H2,1-3H3,(H2,16,17,18);1H. The molecule has 0 spiro atoms. The second-order valence-corrected chi connectivity index (χ2v) is 5.43. The van der Waals surface area contributed by atoms with Gasteiger partial charge in [0.25, 0.3) is 0 Å². The Balaban J connectivity index is 0.00000324. The summed E-state index contributed by atoms with van der Waals surface area (Å²) < 4.78 is 0. The van der Waals surface area contributed by atoms with E-state index >= 15 is 0 Å². The highest BCUT2D eigenvalue weighted by Crippen LogP contribution is 2.09. The van der Waals surface area contributed by atoms with Crippen molar-refractivity contribution in [1.82, 2.24) is 10.6 Å². The Kier molecular flexibility index (Phi) is 11.4. The molecule has 1 aliphatic rings. The predicted octanol–water partition coefficient (Wildman–Crippen LogP) is 3.70. The van der Waals surface area contributed by atoms with Crippen molar-refractivity contribution < 1.29 is 0 Å². The van der Waals surface area contributed by atoms with Crippen LogP contribution in [0, 0.1) is 5.92 Å². The first-order chi connectivity index (χ1) is 8.72. The summed E-state index contributed by atoms with van der Waals surface area (Å²) in [6.07, 6.45) is 10.5. The minimum atomic E-state index is 0. The van der Waals surface area contributed by atoms with Gasteiger partial charge in [0, 0.05) is 19.1 Å². The first kappa shape index (κ1) is 18.7. The van der Waals surface area contributed by atoms with E-state index in [1.807, 2.05) is 0 Å². The zero-order valence-electron chi connectivity index (χ0n) is 12.6. The molecule has 0 fully saturated rings. The molecule has 19 heavy (non-hydrogen) atoms. The van der Waals surface area contributed by atoms with Crippen LogP contribution in [-0.4, -0.2) is 25.1 Å². The van der Waals surface area contributed by atoms with Crippen molar-refractivity contribution in [1.29, 1.82) is 0 Å². The van der Waals surface area contributed by atoms with Crippen LogP contribution in [0.1, 0.15) is 52.9 Å². The number of guanidine groups is 1. The van der Waals surface area contributed by atoms with Crippen molar-refractivity contribution >= 4 is 29.9 Å². The zero-order valence-corrected chi connectivity index (χ0v) is 14.9.